The Morgan fingerprint density at radius 2 is 1.75 bits per heavy atom. The Hall–Kier alpha value is -1.21. The minimum atomic E-state index is -1.29. The second-order valence-corrected chi connectivity index (χ2v) is 7.64. The molecule has 6 nitrogen and oxygen atoms in total. The number of carbonyl (C=O) groups is 2. The summed E-state index contributed by atoms with van der Waals surface area (Å²) in [5.41, 5.74) is -0.629. The summed E-state index contributed by atoms with van der Waals surface area (Å²) in [7, 11) is 0. The lowest BCUT2D eigenvalue weighted by Crippen LogP contribution is -2.27. The molecule has 1 heterocycles. The summed E-state index contributed by atoms with van der Waals surface area (Å²) in [5, 5.41) is 8.44. The number of benzene rings is 1. The van der Waals surface area contributed by atoms with Gasteiger partial charge in [-0.15, -0.1) is 0 Å². The number of carboxylic acid groups (broad SMARTS) is 1. The van der Waals surface area contributed by atoms with Crippen molar-refractivity contribution in [1.82, 2.24) is 0 Å². The molecule has 1 aromatic rings. The Labute approximate surface area is 180 Å². The van der Waals surface area contributed by atoms with Gasteiger partial charge in [0.2, 0.25) is 4.84 Å². The van der Waals surface area contributed by atoms with E-state index >= 15 is 0 Å². The summed E-state index contributed by atoms with van der Waals surface area (Å²) < 4.78 is 16.0. The average Bonchev–Trinajstić information content (AvgIpc) is 3.44. The van der Waals surface area contributed by atoms with E-state index in [0.29, 0.717) is 24.8 Å². The van der Waals surface area contributed by atoms with E-state index in [-0.39, 0.29) is 5.97 Å². The highest BCUT2D eigenvalue weighted by Gasteiger charge is 2.52. The molecule has 9 heteroatoms. The standard InChI is InChI=1S/C17H23ClO4.C2H2Cl2O2/c1-2-20-16(19)17(13-22-17)11-5-3-4-6-12-21-15-9-7-14(18)8-10-15;3-1(4)2(5)6/h7-10H,2-6,11-13H2,1H3;1H,(H,5,6)/t17-;/m1./s1. The van der Waals surface area contributed by atoms with Gasteiger partial charge in [-0.05, 0) is 50.5 Å². The normalized spacial score (nSPS) is 17.5. The largest absolute Gasteiger partial charge is 0.494 e. The van der Waals surface area contributed by atoms with Gasteiger partial charge in [0.05, 0.1) is 19.8 Å². The minimum absolute atomic E-state index is 0.207. The van der Waals surface area contributed by atoms with Crippen LogP contribution in [0.15, 0.2) is 24.3 Å². The molecule has 1 saturated heterocycles. The zero-order chi connectivity index (χ0) is 21.0. The fraction of sp³-hybridized carbons (Fsp3) is 0.579. The number of hydrogen-bond acceptors (Lipinski definition) is 5. The van der Waals surface area contributed by atoms with Crippen molar-refractivity contribution in [2.75, 3.05) is 19.8 Å². The number of hydrogen-bond donors (Lipinski definition) is 1. The van der Waals surface area contributed by atoms with Crippen molar-refractivity contribution >= 4 is 46.7 Å². The second kappa shape index (κ2) is 13.1. The summed E-state index contributed by atoms with van der Waals surface area (Å²) in [6.07, 6.45) is 4.86. The average molecular weight is 456 g/mol. The lowest BCUT2D eigenvalue weighted by molar-refractivity contribution is -0.149. The molecule has 0 aliphatic carbocycles. The van der Waals surface area contributed by atoms with Crippen molar-refractivity contribution in [2.24, 2.45) is 0 Å². The second-order valence-electron chi connectivity index (χ2n) is 6.11. The zero-order valence-electron chi connectivity index (χ0n) is 15.7. The molecular weight excluding hydrogens is 431 g/mol. The Morgan fingerprint density at radius 3 is 2.25 bits per heavy atom. The van der Waals surface area contributed by atoms with E-state index in [2.05, 4.69) is 0 Å². The first-order valence-corrected chi connectivity index (χ1v) is 10.3. The molecule has 1 aliphatic rings. The van der Waals surface area contributed by atoms with E-state index in [9.17, 15) is 9.59 Å². The monoisotopic (exact) mass is 454 g/mol. The first-order chi connectivity index (χ1) is 13.3. The molecule has 1 atom stereocenters. The Morgan fingerprint density at radius 1 is 1.18 bits per heavy atom. The molecule has 0 aromatic heterocycles. The van der Waals surface area contributed by atoms with Gasteiger partial charge in [0.15, 0.2) is 5.60 Å². The molecule has 0 amide bonds. The number of halogens is 3. The molecule has 1 aromatic carbocycles. The topological polar surface area (TPSA) is 85.4 Å². The first kappa shape index (κ1) is 24.8. The van der Waals surface area contributed by atoms with Crippen LogP contribution in [-0.4, -0.2) is 47.3 Å². The van der Waals surface area contributed by atoms with Crippen LogP contribution in [0.3, 0.4) is 0 Å². The molecule has 1 fully saturated rings. The predicted molar refractivity (Wildman–Crippen MR) is 108 cm³/mol. The van der Waals surface area contributed by atoms with Crippen LogP contribution in [0.1, 0.15) is 39.0 Å². The summed E-state index contributed by atoms with van der Waals surface area (Å²) >= 11 is 15.4. The van der Waals surface area contributed by atoms with E-state index in [1.807, 2.05) is 31.2 Å². The van der Waals surface area contributed by atoms with E-state index in [1.54, 1.807) is 0 Å². The predicted octanol–water partition coefficient (Wildman–Crippen LogP) is 4.88. The van der Waals surface area contributed by atoms with E-state index in [1.165, 1.54) is 0 Å². The van der Waals surface area contributed by atoms with Gasteiger partial charge in [0.1, 0.15) is 5.75 Å². The number of rotatable bonds is 11. The highest BCUT2D eigenvalue weighted by molar-refractivity contribution is 6.52. The molecule has 0 bridgehead atoms. The Kier molecular flexibility index (Phi) is 11.6. The van der Waals surface area contributed by atoms with Gasteiger partial charge in [-0.3, -0.25) is 0 Å². The third-order valence-corrected chi connectivity index (χ3v) is 4.51. The minimum Gasteiger partial charge on any atom is -0.494 e. The molecule has 28 heavy (non-hydrogen) atoms. The number of esters is 1. The van der Waals surface area contributed by atoms with Gasteiger partial charge < -0.3 is 19.3 Å². The lowest BCUT2D eigenvalue weighted by Gasteiger charge is -2.10. The lowest BCUT2D eigenvalue weighted by atomic mass is 10.0. The number of ether oxygens (including phenoxy) is 3. The molecular formula is C19H25Cl3O6. The smallest absolute Gasteiger partial charge is 0.340 e. The number of carboxylic acids is 1. The fourth-order valence-corrected chi connectivity index (χ4v) is 2.43. The summed E-state index contributed by atoms with van der Waals surface area (Å²) in [6, 6.07) is 7.38. The van der Waals surface area contributed by atoms with Crippen LogP contribution in [0.4, 0.5) is 0 Å². The van der Waals surface area contributed by atoms with Gasteiger partial charge in [-0.2, -0.15) is 0 Å². The fourth-order valence-electron chi connectivity index (χ4n) is 2.30. The summed E-state index contributed by atoms with van der Waals surface area (Å²) in [6.45, 7) is 3.42. The molecule has 2 rings (SSSR count). The van der Waals surface area contributed by atoms with Crippen molar-refractivity contribution in [3.05, 3.63) is 29.3 Å². The number of epoxide rings is 1. The van der Waals surface area contributed by atoms with Crippen molar-refractivity contribution < 1.29 is 28.9 Å². The highest BCUT2D eigenvalue weighted by atomic mass is 35.5. The van der Waals surface area contributed by atoms with Crippen LogP contribution < -0.4 is 4.74 Å². The quantitative estimate of drug-likeness (QED) is 0.222. The van der Waals surface area contributed by atoms with Crippen LogP contribution in [0, 0.1) is 0 Å². The summed E-state index contributed by atoms with van der Waals surface area (Å²) in [5.74, 6) is -0.573. The number of alkyl halides is 2. The molecule has 158 valence electrons. The van der Waals surface area contributed by atoms with Crippen LogP contribution in [0.2, 0.25) is 5.02 Å². The maximum Gasteiger partial charge on any atom is 0.340 e. The van der Waals surface area contributed by atoms with Gasteiger partial charge in [0.25, 0.3) is 0 Å². The molecule has 0 unspecified atom stereocenters. The van der Waals surface area contributed by atoms with Crippen molar-refractivity contribution in [3.63, 3.8) is 0 Å². The van der Waals surface area contributed by atoms with Crippen LogP contribution in [-0.2, 0) is 19.1 Å². The maximum atomic E-state index is 11.7. The molecule has 0 radical (unpaired) electrons. The van der Waals surface area contributed by atoms with E-state index in [4.69, 9.17) is 54.1 Å². The zero-order valence-corrected chi connectivity index (χ0v) is 17.9. The number of carbonyl (C=O) groups excluding carboxylic acids is 1. The molecule has 0 saturated carbocycles. The Bertz CT molecular complexity index is 602. The maximum absolute atomic E-state index is 11.7. The third-order valence-electron chi connectivity index (χ3n) is 3.88. The van der Waals surface area contributed by atoms with Gasteiger partial charge in [-0.1, -0.05) is 47.6 Å². The Balaban J connectivity index is 0.000000568. The SMILES string of the molecule is CCOC(=O)[C@@]1(CCCCCCOc2ccc(Cl)cc2)CO1.O=C(O)C(Cl)Cl. The van der Waals surface area contributed by atoms with Crippen molar-refractivity contribution in [2.45, 2.75) is 49.5 Å². The number of unbranched alkanes of at least 4 members (excludes halogenated alkanes) is 3. The van der Waals surface area contributed by atoms with Crippen LogP contribution in [0.5, 0.6) is 5.75 Å². The number of aliphatic carboxylic acids is 1. The van der Waals surface area contributed by atoms with Gasteiger partial charge >= 0.3 is 11.9 Å². The van der Waals surface area contributed by atoms with Crippen LogP contribution >= 0.6 is 34.8 Å². The third kappa shape index (κ3) is 9.82. The van der Waals surface area contributed by atoms with E-state index in [0.717, 1.165) is 37.9 Å². The highest BCUT2D eigenvalue weighted by Crippen LogP contribution is 2.34. The summed E-state index contributed by atoms with van der Waals surface area (Å²) in [4.78, 5) is 19.8. The van der Waals surface area contributed by atoms with Crippen molar-refractivity contribution in [1.29, 1.82) is 0 Å². The van der Waals surface area contributed by atoms with E-state index < -0.39 is 16.4 Å². The molecule has 1 N–H and O–H groups in total. The van der Waals surface area contributed by atoms with Crippen molar-refractivity contribution in [3.8, 4) is 5.75 Å². The van der Waals surface area contributed by atoms with Gasteiger partial charge in [0, 0.05) is 5.02 Å². The molecule has 0 spiro atoms. The molecule has 1 aliphatic heterocycles. The van der Waals surface area contributed by atoms with Gasteiger partial charge in [-0.25, -0.2) is 9.59 Å². The first-order valence-electron chi connectivity index (χ1n) is 9.01. The van der Waals surface area contributed by atoms with Crippen LogP contribution in [0.25, 0.3) is 0 Å².